The second kappa shape index (κ2) is 8.50. The van der Waals surface area contributed by atoms with Crippen LogP contribution in [-0.4, -0.2) is 44.2 Å². The molecule has 0 aromatic heterocycles. The van der Waals surface area contributed by atoms with Gasteiger partial charge in [0.25, 0.3) is 5.69 Å². The minimum absolute atomic E-state index is 0.0397. The van der Waals surface area contributed by atoms with Crippen LogP contribution < -0.4 is 9.62 Å². The van der Waals surface area contributed by atoms with Crippen molar-refractivity contribution >= 4 is 44.8 Å². The van der Waals surface area contributed by atoms with Crippen LogP contribution in [0.15, 0.2) is 42.5 Å². The molecule has 2 aromatic rings. The lowest BCUT2D eigenvalue weighted by molar-refractivity contribution is -0.384. The number of hydrogen-bond acceptors (Lipinski definition) is 5. The van der Waals surface area contributed by atoms with E-state index in [1.807, 2.05) is 0 Å². The van der Waals surface area contributed by atoms with Gasteiger partial charge in [-0.3, -0.25) is 14.9 Å². The first-order valence-corrected chi connectivity index (χ1v) is 9.49. The molecule has 0 atom stereocenters. The maximum atomic E-state index is 13.2. The van der Waals surface area contributed by atoms with Crippen LogP contribution in [0.25, 0.3) is 0 Å². The SMILES string of the molecule is CN(C)S(=O)(=O)N(CC(=O)Nc1cc([N+](=O)[O-])ccc1Cl)c1ccc(F)cc1. The van der Waals surface area contributed by atoms with Crippen LogP contribution in [0.2, 0.25) is 5.02 Å². The number of rotatable bonds is 7. The highest BCUT2D eigenvalue weighted by Crippen LogP contribution is 2.27. The van der Waals surface area contributed by atoms with E-state index in [2.05, 4.69) is 5.32 Å². The van der Waals surface area contributed by atoms with Gasteiger partial charge in [-0.25, -0.2) is 8.70 Å². The number of amides is 1. The third kappa shape index (κ3) is 4.94. The standard InChI is InChI=1S/C16H16ClFN4O5S/c1-20(2)28(26,27)21(12-5-3-11(18)4-6-12)10-16(23)19-15-9-13(22(24)25)7-8-14(15)17/h3-9H,10H2,1-2H3,(H,19,23). The van der Waals surface area contributed by atoms with Crippen molar-refractivity contribution in [1.29, 1.82) is 0 Å². The quantitative estimate of drug-likeness (QED) is 0.536. The largest absolute Gasteiger partial charge is 0.323 e. The summed E-state index contributed by atoms with van der Waals surface area (Å²) in [6.07, 6.45) is 0. The second-order valence-corrected chi connectivity index (χ2v) is 8.22. The van der Waals surface area contributed by atoms with Crippen LogP contribution in [0.1, 0.15) is 0 Å². The van der Waals surface area contributed by atoms with Crippen molar-refractivity contribution in [1.82, 2.24) is 4.31 Å². The number of benzene rings is 2. The molecule has 2 aromatic carbocycles. The average molecular weight is 431 g/mol. The Morgan fingerprint density at radius 2 is 1.82 bits per heavy atom. The Balaban J connectivity index is 2.32. The Kier molecular flexibility index (Phi) is 6.54. The van der Waals surface area contributed by atoms with Crippen molar-refractivity contribution in [2.75, 3.05) is 30.3 Å². The molecule has 0 aliphatic carbocycles. The minimum atomic E-state index is -4.08. The van der Waals surface area contributed by atoms with Gasteiger partial charge in [0, 0.05) is 26.2 Å². The molecule has 0 fully saturated rings. The van der Waals surface area contributed by atoms with Gasteiger partial charge in [-0.05, 0) is 30.3 Å². The summed E-state index contributed by atoms with van der Waals surface area (Å²) in [5, 5.41) is 13.3. The third-order valence-corrected chi connectivity index (χ3v) is 5.73. The van der Waals surface area contributed by atoms with Crippen molar-refractivity contribution in [3.8, 4) is 0 Å². The van der Waals surface area contributed by atoms with E-state index in [4.69, 9.17) is 11.6 Å². The molecular formula is C16H16ClFN4O5S. The minimum Gasteiger partial charge on any atom is -0.323 e. The van der Waals surface area contributed by atoms with E-state index in [1.54, 1.807) is 0 Å². The number of nitro benzene ring substituents is 1. The van der Waals surface area contributed by atoms with Crippen LogP contribution in [-0.2, 0) is 15.0 Å². The molecule has 1 amide bonds. The van der Waals surface area contributed by atoms with Gasteiger partial charge in [0.1, 0.15) is 12.4 Å². The lowest BCUT2D eigenvalue weighted by Gasteiger charge is -2.27. The van der Waals surface area contributed by atoms with E-state index in [-0.39, 0.29) is 22.1 Å². The fraction of sp³-hybridized carbons (Fsp3) is 0.188. The maximum Gasteiger partial charge on any atom is 0.304 e. The molecule has 0 saturated heterocycles. The van der Waals surface area contributed by atoms with Crippen LogP contribution in [0, 0.1) is 15.9 Å². The molecule has 0 radical (unpaired) electrons. The predicted octanol–water partition coefficient (Wildman–Crippen LogP) is 2.64. The zero-order chi connectivity index (χ0) is 21.1. The molecule has 9 nitrogen and oxygen atoms in total. The smallest absolute Gasteiger partial charge is 0.304 e. The molecule has 0 aliphatic rings. The fourth-order valence-electron chi connectivity index (χ4n) is 2.15. The van der Waals surface area contributed by atoms with Crippen molar-refractivity contribution in [3.63, 3.8) is 0 Å². The summed E-state index contributed by atoms with van der Waals surface area (Å²) in [4.78, 5) is 22.6. The molecule has 2 rings (SSSR count). The molecule has 28 heavy (non-hydrogen) atoms. The van der Waals surface area contributed by atoms with E-state index in [1.165, 1.54) is 38.4 Å². The first-order valence-electron chi connectivity index (χ1n) is 7.72. The number of carbonyl (C=O) groups is 1. The van der Waals surface area contributed by atoms with Gasteiger partial charge in [0.05, 0.1) is 21.3 Å². The summed E-state index contributed by atoms with van der Waals surface area (Å²) in [5.41, 5.74) is -0.270. The molecule has 0 bridgehead atoms. The Morgan fingerprint density at radius 1 is 1.21 bits per heavy atom. The first-order chi connectivity index (χ1) is 13.0. The number of anilines is 2. The number of nitrogens with one attached hydrogen (secondary N) is 1. The number of nitro groups is 1. The van der Waals surface area contributed by atoms with Gasteiger partial charge in [0.2, 0.25) is 5.91 Å². The van der Waals surface area contributed by atoms with Gasteiger partial charge in [-0.2, -0.15) is 12.7 Å². The zero-order valence-corrected chi connectivity index (χ0v) is 16.4. The molecule has 0 spiro atoms. The molecule has 12 heteroatoms. The van der Waals surface area contributed by atoms with Crippen molar-refractivity contribution < 1.29 is 22.5 Å². The average Bonchev–Trinajstić information content (AvgIpc) is 2.62. The Morgan fingerprint density at radius 3 is 2.36 bits per heavy atom. The highest BCUT2D eigenvalue weighted by atomic mass is 35.5. The van der Waals surface area contributed by atoms with Crippen molar-refractivity contribution in [2.45, 2.75) is 0 Å². The van der Waals surface area contributed by atoms with E-state index >= 15 is 0 Å². The monoisotopic (exact) mass is 430 g/mol. The third-order valence-electron chi connectivity index (χ3n) is 3.58. The van der Waals surface area contributed by atoms with Gasteiger partial charge >= 0.3 is 10.2 Å². The van der Waals surface area contributed by atoms with E-state index in [9.17, 15) is 27.7 Å². The summed E-state index contributed by atoms with van der Waals surface area (Å²) < 4.78 is 40.0. The van der Waals surface area contributed by atoms with E-state index in [0.717, 1.165) is 26.8 Å². The molecule has 150 valence electrons. The Bertz CT molecular complexity index is 999. The Labute approximate surface area is 165 Å². The lowest BCUT2D eigenvalue weighted by Crippen LogP contribution is -2.44. The number of nitrogens with zero attached hydrogens (tertiary/aromatic N) is 3. The number of non-ortho nitro benzene ring substituents is 1. The topological polar surface area (TPSA) is 113 Å². The molecule has 0 saturated carbocycles. The number of halogens is 2. The molecule has 0 aliphatic heterocycles. The molecule has 1 N–H and O–H groups in total. The summed E-state index contributed by atoms with van der Waals surface area (Å²) >= 11 is 5.94. The van der Waals surface area contributed by atoms with E-state index in [0.29, 0.717) is 0 Å². The summed E-state index contributed by atoms with van der Waals surface area (Å²) in [6, 6.07) is 8.01. The van der Waals surface area contributed by atoms with Crippen molar-refractivity contribution in [3.05, 3.63) is 63.4 Å². The van der Waals surface area contributed by atoms with Gasteiger partial charge in [-0.1, -0.05) is 11.6 Å². The van der Waals surface area contributed by atoms with Gasteiger partial charge in [0.15, 0.2) is 0 Å². The summed E-state index contributed by atoms with van der Waals surface area (Å²) in [6.45, 7) is -0.662. The Hall–Kier alpha value is -2.76. The maximum absolute atomic E-state index is 13.2. The molecule has 0 unspecified atom stereocenters. The first kappa shape index (κ1) is 21.5. The molecular weight excluding hydrogens is 415 g/mol. The second-order valence-electron chi connectivity index (χ2n) is 5.74. The number of hydrogen-bond donors (Lipinski definition) is 1. The van der Waals surface area contributed by atoms with Gasteiger partial charge in [-0.15, -0.1) is 0 Å². The van der Waals surface area contributed by atoms with Crippen molar-refractivity contribution in [2.24, 2.45) is 0 Å². The van der Waals surface area contributed by atoms with E-state index < -0.39 is 33.4 Å². The van der Waals surface area contributed by atoms with Crippen LogP contribution >= 0.6 is 11.6 Å². The van der Waals surface area contributed by atoms with Crippen LogP contribution in [0.4, 0.5) is 21.5 Å². The van der Waals surface area contributed by atoms with Gasteiger partial charge < -0.3 is 5.32 Å². The molecule has 0 heterocycles. The predicted molar refractivity (Wildman–Crippen MR) is 103 cm³/mol. The summed E-state index contributed by atoms with van der Waals surface area (Å²) in [7, 11) is -1.52. The number of carbonyl (C=O) groups excluding carboxylic acids is 1. The summed E-state index contributed by atoms with van der Waals surface area (Å²) in [5.74, 6) is -1.36. The normalized spacial score (nSPS) is 11.3. The lowest BCUT2D eigenvalue weighted by atomic mass is 10.2. The van der Waals surface area contributed by atoms with Crippen LogP contribution in [0.5, 0.6) is 0 Å². The highest BCUT2D eigenvalue weighted by molar-refractivity contribution is 7.90. The zero-order valence-electron chi connectivity index (χ0n) is 14.8. The highest BCUT2D eigenvalue weighted by Gasteiger charge is 2.27. The fourth-order valence-corrected chi connectivity index (χ4v) is 3.38. The van der Waals surface area contributed by atoms with Crippen LogP contribution in [0.3, 0.4) is 0 Å².